The first-order valence-corrected chi connectivity index (χ1v) is 10.4. The first-order valence-electron chi connectivity index (χ1n) is 8.55. The van der Waals surface area contributed by atoms with Gasteiger partial charge in [-0.15, -0.1) is 11.3 Å². The summed E-state index contributed by atoms with van der Waals surface area (Å²) in [6.45, 7) is 4.97. The highest BCUT2D eigenvalue weighted by Gasteiger charge is 2.20. The van der Waals surface area contributed by atoms with Gasteiger partial charge in [0.2, 0.25) is 5.91 Å². The fourth-order valence-corrected chi connectivity index (χ4v) is 4.26. The van der Waals surface area contributed by atoms with Gasteiger partial charge < -0.3 is 10.2 Å². The minimum atomic E-state index is -0.0594. The quantitative estimate of drug-likeness (QED) is 0.755. The van der Waals surface area contributed by atoms with Crippen LogP contribution in [0.5, 0.6) is 0 Å². The molecule has 0 spiro atoms. The van der Waals surface area contributed by atoms with Gasteiger partial charge in [0, 0.05) is 61.5 Å². The van der Waals surface area contributed by atoms with Gasteiger partial charge >= 0.3 is 0 Å². The van der Waals surface area contributed by atoms with Gasteiger partial charge in [0.05, 0.1) is 0 Å². The first-order chi connectivity index (χ1) is 12.2. The van der Waals surface area contributed by atoms with E-state index in [0.29, 0.717) is 24.9 Å². The maximum atomic E-state index is 12.3. The van der Waals surface area contributed by atoms with Crippen LogP contribution in [0.1, 0.15) is 28.1 Å². The molecule has 3 heterocycles. The smallest absolute Gasteiger partial charge is 0.252 e. The summed E-state index contributed by atoms with van der Waals surface area (Å²) in [5.74, 6) is 0.136. The number of thiophene rings is 2. The lowest BCUT2D eigenvalue weighted by Gasteiger charge is -2.34. The van der Waals surface area contributed by atoms with E-state index in [1.54, 1.807) is 17.4 Å². The van der Waals surface area contributed by atoms with E-state index < -0.39 is 0 Å². The molecule has 25 heavy (non-hydrogen) atoms. The second-order valence-corrected chi connectivity index (χ2v) is 7.92. The summed E-state index contributed by atoms with van der Waals surface area (Å²) in [6.07, 6.45) is 1.18. The molecule has 7 heteroatoms. The Bertz CT molecular complexity index is 663. The van der Waals surface area contributed by atoms with Crippen LogP contribution in [-0.4, -0.2) is 54.3 Å². The van der Waals surface area contributed by atoms with Gasteiger partial charge in [-0.25, -0.2) is 0 Å². The van der Waals surface area contributed by atoms with Crippen molar-refractivity contribution in [2.24, 2.45) is 0 Å². The van der Waals surface area contributed by atoms with Gasteiger partial charge in [0.1, 0.15) is 0 Å². The zero-order valence-electron chi connectivity index (χ0n) is 14.1. The van der Waals surface area contributed by atoms with E-state index in [1.165, 1.54) is 16.2 Å². The zero-order chi connectivity index (χ0) is 17.5. The van der Waals surface area contributed by atoms with E-state index >= 15 is 0 Å². The average molecular weight is 378 g/mol. The number of hydrogen-bond donors (Lipinski definition) is 1. The van der Waals surface area contributed by atoms with Gasteiger partial charge in [-0.1, -0.05) is 6.07 Å². The lowest BCUT2D eigenvalue weighted by molar-refractivity contribution is -0.133. The average Bonchev–Trinajstić information content (AvgIpc) is 3.32. The molecule has 0 aromatic carbocycles. The van der Waals surface area contributed by atoms with Crippen molar-refractivity contribution < 1.29 is 9.59 Å². The van der Waals surface area contributed by atoms with Crippen LogP contribution in [-0.2, 0) is 11.3 Å². The molecule has 1 saturated heterocycles. The van der Waals surface area contributed by atoms with Crippen LogP contribution in [0.2, 0.25) is 0 Å². The Balaban J connectivity index is 1.31. The Labute approximate surface area is 156 Å². The third-order valence-electron chi connectivity index (χ3n) is 4.32. The number of carbonyl (C=O) groups is 2. The van der Waals surface area contributed by atoms with E-state index in [4.69, 9.17) is 0 Å². The predicted octanol–water partition coefficient (Wildman–Crippen LogP) is 2.66. The molecule has 2 aromatic rings. The molecule has 0 unspecified atom stereocenters. The van der Waals surface area contributed by atoms with Crippen molar-refractivity contribution >= 4 is 34.5 Å². The number of nitrogens with one attached hydrogen (secondary N) is 1. The molecule has 0 radical (unpaired) electrons. The van der Waals surface area contributed by atoms with E-state index in [0.717, 1.165) is 32.7 Å². The first kappa shape index (κ1) is 18.1. The normalized spacial score (nSPS) is 15.3. The Morgan fingerprint density at radius 1 is 1.12 bits per heavy atom. The summed E-state index contributed by atoms with van der Waals surface area (Å²) >= 11 is 3.29. The maximum Gasteiger partial charge on any atom is 0.252 e. The molecule has 1 fully saturated rings. The standard InChI is InChI=1S/C18H23N3O2S2/c22-17(4-1-6-19-18(23)15-5-12-24-14-15)21-9-7-20(8-10-21)13-16-3-2-11-25-16/h2-3,5,11-12,14H,1,4,6-10,13H2,(H,19,23). The van der Waals surface area contributed by atoms with Crippen LogP contribution in [0.25, 0.3) is 0 Å². The summed E-state index contributed by atoms with van der Waals surface area (Å²) < 4.78 is 0. The van der Waals surface area contributed by atoms with Crippen molar-refractivity contribution in [2.45, 2.75) is 19.4 Å². The lowest BCUT2D eigenvalue weighted by Crippen LogP contribution is -2.48. The number of nitrogens with zero attached hydrogens (tertiary/aromatic N) is 2. The molecule has 0 bridgehead atoms. The highest BCUT2D eigenvalue weighted by atomic mass is 32.1. The summed E-state index contributed by atoms with van der Waals surface area (Å²) in [4.78, 5) is 29.8. The summed E-state index contributed by atoms with van der Waals surface area (Å²) in [6, 6.07) is 6.05. The SMILES string of the molecule is O=C(NCCCC(=O)N1CCN(Cc2cccs2)CC1)c1ccsc1. The second kappa shape index (κ2) is 9.12. The molecule has 0 saturated carbocycles. The minimum Gasteiger partial charge on any atom is -0.352 e. The molecular weight excluding hydrogens is 354 g/mol. The van der Waals surface area contributed by atoms with Crippen molar-refractivity contribution in [2.75, 3.05) is 32.7 Å². The fourth-order valence-electron chi connectivity index (χ4n) is 2.87. The maximum absolute atomic E-state index is 12.3. The van der Waals surface area contributed by atoms with Gasteiger partial charge in [-0.3, -0.25) is 14.5 Å². The Hall–Kier alpha value is -1.70. The van der Waals surface area contributed by atoms with Crippen LogP contribution in [0, 0.1) is 0 Å². The Kier molecular flexibility index (Phi) is 6.61. The molecule has 5 nitrogen and oxygen atoms in total. The van der Waals surface area contributed by atoms with Crippen LogP contribution >= 0.6 is 22.7 Å². The second-order valence-electron chi connectivity index (χ2n) is 6.11. The monoisotopic (exact) mass is 377 g/mol. The van der Waals surface area contributed by atoms with E-state index in [9.17, 15) is 9.59 Å². The summed E-state index contributed by atoms with van der Waals surface area (Å²) in [5, 5.41) is 8.68. The summed E-state index contributed by atoms with van der Waals surface area (Å²) in [5.41, 5.74) is 0.693. The Morgan fingerprint density at radius 2 is 1.96 bits per heavy atom. The summed E-state index contributed by atoms with van der Waals surface area (Å²) in [7, 11) is 0. The molecule has 0 atom stereocenters. The number of piperazine rings is 1. The van der Waals surface area contributed by atoms with Gasteiger partial charge in [0.15, 0.2) is 0 Å². The van der Waals surface area contributed by atoms with Crippen LogP contribution in [0.3, 0.4) is 0 Å². The fraction of sp³-hybridized carbons (Fsp3) is 0.444. The lowest BCUT2D eigenvalue weighted by atomic mass is 10.2. The van der Waals surface area contributed by atoms with Crippen molar-refractivity contribution in [1.82, 2.24) is 15.1 Å². The van der Waals surface area contributed by atoms with Crippen LogP contribution in [0.4, 0.5) is 0 Å². The van der Waals surface area contributed by atoms with Gasteiger partial charge in [0.25, 0.3) is 5.91 Å². The van der Waals surface area contributed by atoms with E-state index in [1.807, 2.05) is 15.7 Å². The van der Waals surface area contributed by atoms with Crippen molar-refractivity contribution in [3.8, 4) is 0 Å². The molecule has 1 aliphatic rings. The van der Waals surface area contributed by atoms with E-state index in [2.05, 4.69) is 27.7 Å². The Morgan fingerprint density at radius 3 is 2.64 bits per heavy atom. The number of amides is 2. The van der Waals surface area contributed by atoms with Crippen LogP contribution < -0.4 is 5.32 Å². The zero-order valence-corrected chi connectivity index (χ0v) is 15.8. The van der Waals surface area contributed by atoms with Crippen molar-refractivity contribution in [3.63, 3.8) is 0 Å². The number of rotatable bonds is 7. The molecule has 2 amide bonds. The topological polar surface area (TPSA) is 52.7 Å². The molecule has 1 N–H and O–H groups in total. The van der Waals surface area contributed by atoms with E-state index in [-0.39, 0.29) is 11.8 Å². The molecule has 134 valence electrons. The molecular formula is C18H23N3O2S2. The molecule has 1 aliphatic heterocycles. The molecule has 2 aromatic heterocycles. The van der Waals surface area contributed by atoms with Crippen LogP contribution in [0.15, 0.2) is 34.3 Å². The number of carbonyl (C=O) groups excluding carboxylic acids is 2. The largest absolute Gasteiger partial charge is 0.352 e. The van der Waals surface area contributed by atoms with Gasteiger partial charge in [-0.2, -0.15) is 11.3 Å². The number of hydrogen-bond acceptors (Lipinski definition) is 5. The minimum absolute atomic E-state index is 0.0594. The third kappa shape index (κ3) is 5.39. The van der Waals surface area contributed by atoms with Crippen molar-refractivity contribution in [1.29, 1.82) is 0 Å². The predicted molar refractivity (Wildman–Crippen MR) is 102 cm³/mol. The highest BCUT2D eigenvalue weighted by Crippen LogP contribution is 2.14. The molecule has 3 rings (SSSR count). The molecule has 0 aliphatic carbocycles. The third-order valence-corrected chi connectivity index (χ3v) is 5.87. The van der Waals surface area contributed by atoms with Gasteiger partial charge in [-0.05, 0) is 29.3 Å². The highest BCUT2D eigenvalue weighted by molar-refractivity contribution is 7.09. The van der Waals surface area contributed by atoms with Crippen molar-refractivity contribution in [3.05, 3.63) is 44.8 Å².